The molecule has 2 N–H and O–H groups in total. The molecule has 0 spiro atoms. The van der Waals surface area contributed by atoms with Crippen molar-refractivity contribution in [3.63, 3.8) is 0 Å². The van der Waals surface area contributed by atoms with Crippen LogP contribution in [0.15, 0.2) is 6.33 Å². The average molecular weight is 285 g/mol. The number of hydrogen-bond donors (Lipinski definition) is 2. The molecule has 0 aliphatic heterocycles. The van der Waals surface area contributed by atoms with Crippen molar-refractivity contribution in [2.45, 2.75) is 18.8 Å². The van der Waals surface area contributed by atoms with E-state index in [9.17, 15) is 18.4 Å². The summed E-state index contributed by atoms with van der Waals surface area (Å²) in [7, 11) is 1.21. The third-order valence-corrected chi connectivity index (χ3v) is 3.97. The topological polar surface area (TPSA) is 84.1 Å². The first-order chi connectivity index (χ1) is 9.43. The number of carbonyl (C=O) groups excluding carboxylic acids is 2. The Balaban J connectivity index is 1.65. The summed E-state index contributed by atoms with van der Waals surface area (Å²) in [5.41, 5.74) is 0.0389. The van der Waals surface area contributed by atoms with E-state index in [1.807, 2.05) is 0 Å². The largest absolute Gasteiger partial charge is 0.464 e. The van der Waals surface area contributed by atoms with Gasteiger partial charge in [-0.05, 0) is 11.8 Å². The molecular weight excluding hydrogens is 272 g/mol. The first kappa shape index (κ1) is 13.0. The maximum absolute atomic E-state index is 13.0. The van der Waals surface area contributed by atoms with E-state index in [-0.39, 0.29) is 42.1 Å². The number of H-pyrrole nitrogens is 1. The molecule has 0 saturated heterocycles. The summed E-state index contributed by atoms with van der Waals surface area (Å²) in [6.45, 7) is 0. The number of imidazole rings is 1. The van der Waals surface area contributed by atoms with Crippen LogP contribution < -0.4 is 5.32 Å². The lowest BCUT2D eigenvalue weighted by Crippen LogP contribution is -2.23. The number of aromatic amines is 1. The van der Waals surface area contributed by atoms with E-state index in [1.165, 1.54) is 13.4 Å². The van der Waals surface area contributed by atoms with Crippen LogP contribution in [0.25, 0.3) is 0 Å². The predicted molar refractivity (Wildman–Crippen MR) is 63.2 cm³/mol. The van der Waals surface area contributed by atoms with E-state index in [1.54, 1.807) is 0 Å². The molecular formula is C12H13F2N3O3. The zero-order chi connectivity index (χ0) is 14.5. The smallest absolute Gasteiger partial charge is 0.358 e. The lowest BCUT2D eigenvalue weighted by atomic mass is 10.1. The van der Waals surface area contributed by atoms with Crippen molar-refractivity contribution in [2.75, 3.05) is 12.4 Å². The summed E-state index contributed by atoms with van der Waals surface area (Å²) in [5.74, 6) is -4.52. The van der Waals surface area contributed by atoms with Gasteiger partial charge in [0.05, 0.1) is 13.4 Å². The molecule has 6 nitrogen and oxygen atoms in total. The monoisotopic (exact) mass is 285 g/mol. The zero-order valence-electron chi connectivity index (χ0n) is 10.7. The van der Waals surface area contributed by atoms with Gasteiger partial charge >= 0.3 is 5.97 Å². The Morgan fingerprint density at radius 3 is 2.70 bits per heavy atom. The number of methoxy groups -OCH3 is 1. The summed E-state index contributed by atoms with van der Waals surface area (Å²) >= 11 is 0. The average Bonchev–Trinajstić information content (AvgIpc) is 2.76. The highest BCUT2D eigenvalue weighted by Crippen LogP contribution is 2.62. The number of amides is 1. The number of halogens is 2. The van der Waals surface area contributed by atoms with Crippen LogP contribution in [0, 0.1) is 17.8 Å². The minimum Gasteiger partial charge on any atom is -0.464 e. The van der Waals surface area contributed by atoms with Crippen molar-refractivity contribution >= 4 is 17.7 Å². The van der Waals surface area contributed by atoms with Gasteiger partial charge in [-0.1, -0.05) is 0 Å². The second-order valence-electron chi connectivity index (χ2n) is 5.22. The number of esters is 1. The first-order valence-corrected chi connectivity index (χ1v) is 6.23. The number of ether oxygens (including phenoxy) is 1. The second kappa shape index (κ2) is 4.26. The molecule has 3 atom stereocenters. The summed E-state index contributed by atoms with van der Waals surface area (Å²) in [5, 5.41) is 2.50. The minimum atomic E-state index is -2.64. The lowest BCUT2D eigenvalue weighted by molar-refractivity contribution is -0.118. The Labute approximate surface area is 112 Å². The predicted octanol–water partition coefficient (Wildman–Crippen LogP) is 1.43. The Kier molecular flexibility index (Phi) is 2.77. The van der Waals surface area contributed by atoms with Crippen LogP contribution in [0.3, 0.4) is 0 Å². The molecule has 0 radical (unpaired) electrons. The van der Waals surface area contributed by atoms with Gasteiger partial charge in [0, 0.05) is 18.8 Å². The number of aromatic nitrogens is 2. The Hall–Kier alpha value is -1.99. The molecule has 2 saturated carbocycles. The molecule has 2 fully saturated rings. The molecule has 1 unspecified atom stereocenters. The maximum Gasteiger partial charge on any atom is 0.358 e. The van der Waals surface area contributed by atoms with E-state index >= 15 is 0 Å². The standard InChI is InChI=1S/C12H13F2N3O3/c1-20-11(19)8-9(16-4-15-8)17-10(18)7-5-2-12(13,14)3-6(5)7/h4-7H,2-3H2,1H3,(H,15,16)(H,17,18)/t5-,6+,7?. The van der Waals surface area contributed by atoms with Crippen LogP contribution in [0.4, 0.5) is 14.6 Å². The molecule has 2 aliphatic carbocycles. The number of fused-ring (bicyclic) bond motifs is 1. The van der Waals surface area contributed by atoms with Crippen LogP contribution >= 0.6 is 0 Å². The van der Waals surface area contributed by atoms with Gasteiger partial charge in [0.25, 0.3) is 0 Å². The number of carbonyl (C=O) groups is 2. The highest BCUT2D eigenvalue weighted by atomic mass is 19.3. The lowest BCUT2D eigenvalue weighted by Gasteiger charge is -2.12. The molecule has 0 bridgehead atoms. The van der Waals surface area contributed by atoms with Gasteiger partial charge in [0.15, 0.2) is 11.5 Å². The number of alkyl halides is 2. The quantitative estimate of drug-likeness (QED) is 0.823. The van der Waals surface area contributed by atoms with Crippen molar-refractivity contribution < 1.29 is 23.1 Å². The van der Waals surface area contributed by atoms with Gasteiger partial charge in [0.2, 0.25) is 11.8 Å². The summed E-state index contributed by atoms with van der Waals surface area (Å²) in [6.07, 6.45) is 0.782. The summed E-state index contributed by atoms with van der Waals surface area (Å²) < 4.78 is 30.6. The first-order valence-electron chi connectivity index (χ1n) is 6.23. The van der Waals surface area contributed by atoms with E-state index < -0.39 is 17.8 Å². The van der Waals surface area contributed by atoms with Crippen LogP contribution in [-0.4, -0.2) is 34.9 Å². The highest BCUT2D eigenvalue weighted by molar-refractivity contribution is 6.00. The molecule has 108 valence electrons. The fourth-order valence-electron chi connectivity index (χ4n) is 3.01. The molecule has 20 heavy (non-hydrogen) atoms. The zero-order valence-corrected chi connectivity index (χ0v) is 10.7. The number of rotatable bonds is 3. The molecule has 1 aromatic heterocycles. The van der Waals surface area contributed by atoms with Gasteiger partial charge in [0.1, 0.15) is 0 Å². The fraction of sp³-hybridized carbons (Fsp3) is 0.583. The van der Waals surface area contributed by atoms with Crippen LogP contribution in [-0.2, 0) is 9.53 Å². The SMILES string of the molecule is COC(=O)c1[nH]cnc1NC(=O)C1[C@H]2CC(F)(F)C[C@@H]12. The number of nitrogens with zero attached hydrogens (tertiary/aromatic N) is 1. The van der Waals surface area contributed by atoms with E-state index in [0.717, 1.165) is 0 Å². The van der Waals surface area contributed by atoms with E-state index in [4.69, 9.17) is 0 Å². The number of nitrogens with one attached hydrogen (secondary N) is 2. The Morgan fingerprint density at radius 1 is 1.45 bits per heavy atom. The van der Waals surface area contributed by atoms with Gasteiger partial charge in [-0.15, -0.1) is 0 Å². The molecule has 0 aromatic carbocycles. The molecule has 8 heteroatoms. The minimum absolute atomic E-state index is 0.0389. The van der Waals surface area contributed by atoms with Crippen molar-refractivity contribution in [1.82, 2.24) is 9.97 Å². The molecule has 3 rings (SSSR count). The summed E-state index contributed by atoms with van der Waals surface area (Å²) in [6, 6.07) is 0. The van der Waals surface area contributed by atoms with Gasteiger partial charge < -0.3 is 15.0 Å². The maximum atomic E-state index is 13.0. The van der Waals surface area contributed by atoms with Crippen LogP contribution in [0.2, 0.25) is 0 Å². The Bertz CT molecular complexity index is 558. The van der Waals surface area contributed by atoms with Crippen LogP contribution in [0.5, 0.6) is 0 Å². The van der Waals surface area contributed by atoms with Crippen molar-refractivity contribution in [1.29, 1.82) is 0 Å². The van der Waals surface area contributed by atoms with Gasteiger partial charge in [-0.2, -0.15) is 0 Å². The van der Waals surface area contributed by atoms with Crippen LogP contribution in [0.1, 0.15) is 23.3 Å². The fourth-order valence-corrected chi connectivity index (χ4v) is 3.01. The van der Waals surface area contributed by atoms with Crippen molar-refractivity contribution in [3.8, 4) is 0 Å². The molecule has 2 aliphatic rings. The molecule has 1 aromatic rings. The van der Waals surface area contributed by atoms with Crippen molar-refractivity contribution in [3.05, 3.63) is 12.0 Å². The second-order valence-corrected chi connectivity index (χ2v) is 5.22. The number of anilines is 1. The molecule has 1 heterocycles. The van der Waals surface area contributed by atoms with Gasteiger partial charge in [-0.25, -0.2) is 18.6 Å². The van der Waals surface area contributed by atoms with Crippen molar-refractivity contribution in [2.24, 2.45) is 17.8 Å². The highest BCUT2D eigenvalue weighted by Gasteiger charge is 2.65. The Morgan fingerprint density at radius 2 is 2.10 bits per heavy atom. The third kappa shape index (κ3) is 2.04. The van der Waals surface area contributed by atoms with E-state index in [2.05, 4.69) is 20.0 Å². The normalized spacial score (nSPS) is 29.6. The third-order valence-electron chi connectivity index (χ3n) is 3.97. The van der Waals surface area contributed by atoms with E-state index in [0.29, 0.717) is 0 Å². The summed E-state index contributed by atoms with van der Waals surface area (Å²) in [4.78, 5) is 29.8. The molecule has 1 amide bonds. The number of hydrogen-bond acceptors (Lipinski definition) is 4. The van der Waals surface area contributed by atoms with Gasteiger partial charge in [-0.3, -0.25) is 4.79 Å².